The molecule has 2 atom stereocenters. The van der Waals surface area contributed by atoms with Crippen LogP contribution in [0.3, 0.4) is 0 Å². The summed E-state index contributed by atoms with van der Waals surface area (Å²) in [6.45, 7) is 0.565. The molecule has 0 amide bonds. The number of sulfone groups is 1. The third-order valence-corrected chi connectivity index (χ3v) is 6.77. The molecule has 17 heavy (non-hydrogen) atoms. The highest BCUT2D eigenvalue weighted by molar-refractivity contribution is 9.11. The van der Waals surface area contributed by atoms with E-state index in [9.17, 15) is 8.42 Å². The molecule has 2 unspecified atom stereocenters. The molecule has 0 bridgehead atoms. The Labute approximate surface area is 114 Å². The Hall–Kier alpha value is 0.0900. The second kappa shape index (κ2) is 5.38. The first-order valence-electron chi connectivity index (χ1n) is 5.65. The lowest BCUT2D eigenvalue weighted by Crippen LogP contribution is -2.26. The number of nitrogens with two attached hydrogens (primary N) is 1. The normalized spacial score (nSPS) is 24.9. The van der Waals surface area contributed by atoms with Crippen molar-refractivity contribution >= 4 is 37.1 Å². The first-order valence-corrected chi connectivity index (χ1v) is 9.08. The molecule has 1 saturated heterocycles. The van der Waals surface area contributed by atoms with E-state index in [1.54, 1.807) is 11.3 Å². The second-order valence-electron chi connectivity index (χ2n) is 4.57. The van der Waals surface area contributed by atoms with Gasteiger partial charge in [0.2, 0.25) is 0 Å². The van der Waals surface area contributed by atoms with Crippen molar-refractivity contribution in [3.63, 3.8) is 0 Å². The zero-order valence-corrected chi connectivity index (χ0v) is 12.7. The summed E-state index contributed by atoms with van der Waals surface area (Å²) in [6.07, 6.45) is 1.67. The fourth-order valence-corrected chi connectivity index (χ4v) is 5.85. The van der Waals surface area contributed by atoms with Gasteiger partial charge in [0.05, 0.1) is 15.3 Å². The lowest BCUT2D eigenvalue weighted by molar-refractivity contribution is 0.372. The molecule has 0 aliphatic carbocycles. The van der Waals surface area contributed by atoms with Crippen molar-refractivity contribution in [2.45, 2.75) is 12.8 Å². The van der Waals surface area contributed by atoms with Crippen molar-refractivity contribution in [2.75, 3.05) is 18.1 Å². The minimum atomic E-state index is -2.80. The highest BCUT2D eigenvalue weighted by atomic mass is 79.9. The summed E-state index contributed by atoms with van der Waals surface area (Å²) < 4.78 is 24.1. The van der Waals surface area contributed by atoms with Gasteiger partial charge in [0, 0.05) is 4.88 Å². The lowest BCUT2D eigenvalue weighted by atomic mass is 9.88. The van der Waals surface area contributed by atoms with Crippen LogP contribution in [0, 0.1) is 11.8 Å². The average Bonchev–Trinajstić information content (AvgIpc) is 2.81. The molecule has 2 rings (SSSR count). The third-order valence-electron chi connectivity index (χ3n) is 3.33. The van der Waals surface area contributed by atoms with Crippen LogP contribution < -0.4 is 5.73 Å². The molecule has 1 aromatic rings. The van der Waals surface area contributed by atoms with Crippen LogP contribution in [0.1, 0.15) is 11.3 Å². The van der Waals surface area contributed by atoms with Crippen molar-refractivity contribution in [3.8, 4) is 0 Å². The molecule has 1 aromatic heterocycles. The molecule has 3 nitrogen and oxygen atoms in total. The van der Waals surface area contributed by atoms with E-state index < -0.39 is 9.84 Å². The molecular weight excluding hydrogens is 322 g/mol. The van der Waals surface area contributed by atoms with Crippen molar-refractivity contribution in [3.05, 3.63) is 20.8 Å². The van der Waals surface area contributed by atoms with Crippen molar-refractivity contribution in [2.24, 2.45) is 17.6 Å². The van der Waals surface area contributed by atoms with Gasteiger partial charge >= 0.3 is 0 Å². The number of hydrogen-bond donors (Lipinski definition) is 1. The maximum Gasteiger partial charge on any atom is 0.150 e. The van der Waals surface area contributed by atoms with E-state index in [0.717, 1.165) is 16.6 Å². The summed E-state index contributed by atoms with van der Waals surface area (Å²) in [7, 11) is -2.80. The minimum Gasteiger partial charge on any atom is -0.330 e. The van der Waals surface area contributed by atoms with Crippen molar-refractivity contribution in [1.29, 1.82) is 0 Å². The maximum atomic E-state index is 11.5. The van der Waals surface area contributed by atoms with Crippen LogP contribution in [0.4, 0.5) is 0 Å². The fraction of sp³-hybridized carbons (Fsp3) is 0.636. The molecule has 6 heteroatoms. The summed E-state index contributed by atoms with van der Waals surface area (Å²) >= 11 is 5.14. The van der Waals surface area contributed by atoms with Crippen LogP contribution in [0.5, 0.6) is 0 Å². The van der Waals surface area contributed by atoms with Crippen LogP contribution in [0.15, 0.2) is 15.9 Å². The van der Waals surface area contributed by atoms with E-state index in [1.807, 2.05) is 6.07 Å². The maximum absolute atomic E-state index is 11.5. The monoisotopic (exact) mass is 337 g/mol. The number of hydrogen-bond acceptors (Lipinski definition) is 4. The Morgan fingerprint density at radius 3 is 2.76 bits per heavy atom. The van der Waals surface area contributed by atoms with Gasteiger partial charge in [-0.25, -0.2) is 8.42 Å². The molecule has 1 fully saturated rings. The highest BCUT2D eigenvalue weighted by Crippen LogP contribution is 2.31. The van der Waals surface area contributed by atoms with Crippen LogP contribution in [-0.4, -0.2) is 26.5 Å². The summed E-state index contributed by atoms with van der Waals surface area (Å²) in [6, 6.07) is 4.11. The van der Waals surface area contributed by atoms with Gasteiger partial charge in [-0.15, -0.1) is 11.3 Å². The molecule has 0 spiro atoms. The first-order chi connectivity index (χ1) is 8.00. The molecule has 0 saturated carbocycles. The van der Waals surface area contributed by atoms with Gasteiger partial charge in [0.1, 0.15) is 0 Å². The van der Waals surface area contributed by atoms with Crippen LogP contribution in [0.2, 0.25) is 0 Å². The smallest absolute Gasteiger partial charge is 0.150 e. The molecule has 1 aliphatic heterocycles. The van der Waals surface area contributed by atoms with E-state index >= 15 is 0 Å². The Morgan fingerprint density at radius 2 is 2.29 bits per heavy atom. The SMILES string of the molecule is NCC(Cc1ccc(Br)s1)C1CCS(=O)(=O)C1. The minimum absolute atomic E-state index is 0.242. The summed E-state index contributed by atoms with van der Waals surface area (Å²) in [5, 5.41) is 0. The Bertz CT molecular complexity index is 483. The zero-order valence-electron chi connectivity index (χ0n) is 9.43. The van der Waals surface area contributed by atoms with E-state index in [2.05, 4.69) is 22.0 Å². The molecule has 1 aliphatic rings. The number of halogens is 1. The van der Waals surface area contributed by atoms with Crippen LogP contribution >= 0.6 is 27.3 Å². The van der Waals surface area contributed by atoms with E-state index in [1.165, 1.54) is 4.88 Å². The highest BCUT2D eigenvalue weighted by Gasteiger charge is 2.33. The summed E-state index contributed by atoms with van der Waals surface area (Å²) in [5.41, 5.74) is 5.79. The predicted octanol–water partition coefficient (Wildman–Crippen LogP) is 2.06. The molecule has 2 heterocycles. The van der Waals surface area contributed by atoms with Gasteiger partial charge in [0.15, 0.2) is 9.84 Å². The summed E-state index contributed by atoms with van der Waals surface area (Å²) in [4.78, 5) is 1.27. The van der Waals surface area contributed by atoms with Gasteiger partial charge in [-0.1, -0.05) is 0 Å². The zero-order chi connectivity index (χ0) is 12.5. The molecular formula is C11H16BrNO2S2. The lowest BCUT2D eigenvalue weighted by Gasteiger charge is -2.19. The van der Waals surface area contributed by atoms with Gasteiger partial charge in [-0.2, -0.15) is 0 Å². The topological polar surface area (TPSA) is 60.2 Å². The van der Waals surface area contributed by atoms with Gasteiger partial charge in [-0.3, -0.25) is 0 Å². The molecule has 0 radical (unpaired) electrons. The fourth-order valence-electron chi connectivity index (χ4n) is 2.36. The van der Waals surface area contributed by atoms with Crippen LogP contribution in [0.25, 0.3) is 0 Å². The van der Waals surface area contributed by atoms with E-state index in [0.29, 0.717) is 18.1 Å². The standard InChI is InChI=1S/C11H16BrNO2S2/c12-11-2-1-10(16-11)5-9(6-13)8-3-4-17(14,15)7-8/h1-2,8-9H,3-7,13H2. The summed E-state index contributed by atoms with van der Waals surface area (Å²) in [5.74, 6) is 1.19. The Kier molecular flexibility index (Phi) is 4.28. The third kappa shape index (κ3) is 3.53. The van der Waals surface area contributed by atoms with Gasteiger partial charge in [-0.05, 0) is 59.3 Å². The van der Waals surface area contributed by atoms with Crippen LogP contribution in [-0.2, 0) is 16.3 Å². The van der Waals surface area contributed by atoms with E-state index in [-0.39, 0.29) is 11.8 Å². The van der Waals surface area contributed by atoms with Gasteiger partial charge in [0.25, 0.3) is 0 Å². The Morgan fingerprint density at radius 1 is 1.53 bits per heavy atom. The second-order valence-corrected chi connectivity index (χ2v) is 9.35. The first kappa shape index (κ1) is 13.5. The van der Waals surface area contributed by atoms with Crippen molar-refractivity contribution in [1.82, 2.24) is 0 Å². The quantitative estimate of drug-likeness (QED) is 0.914. The van der Waals surface area contributed by atoms with E-state index in [4.69, 9.17) is 5.73 Å². The van der Waals surface area contributed by atoms with Crippen molar-refractivity contribution < 1.29 is 8.42 Å². The Balaban J connectivity index is 2.02. The number of rotatable bonds is 4. The largest absolute Gasteiger partial charge is 0.330 e. The predicted molar refractivity (Wildman–Crippen MR) is 75.0 cm³/mol. The molecule has 0 aromatic carbocycles. The average molecular weight is 338 g/mol. The molecule has 96 valence electrons. The van der Waals surface area contributed by atoms with Gasteiger partial charge < -0.3 is 5.73 Å². The molecule has 2 N–H and O–H groups in total. The number of thiophene rings is 1.